The van der Waals surface area contributed by atoms with Gasteiger partial charge in [-0.1, -0.05) is 36.7 Å². The normalized spacial score (nSPS) is 11.7. The lowest BCUT2D eigenvalue weighted by Crippen LogP contribution is -2.12. The van der Waals surface area contributed by atoms with Gasteiger partial charge in [0.05, 0.1) is 19.0 Å². The molecular weight excluding hydrogens is 362 g/mol. The molecule has 1 amide bonds. The fraction of sp³-hybridized carbons (Fsp3) is 0.190. The molecule has 0 saturated heterocycles. The van der Waals surface area contributed by atoms with E-state index >= 15 is 0 Å². The summed E-state index contributed by atoms with van der Waals surface area (Å²) in [5, 5.41) is 3.32. The van der Waals surface area contributed by atoms with Crippen LogP contribution < -0.4 is 10.1 Å². The number of amides is 1. The molecule has 0 saturated carbocycles. The zero-order valence-electron chi connectivity index (χ0n) is 15.1. The zero-order valence-corrected chi connectivity index (χ0v) is 15.9. The number of benzene rings is 2. The van der Waals surface area contributed by atoms with E-state index < -0.39 is 0 Å². The van der Waals surface area contributed by atoms with Crippen molar-refractivity contribution >= 4 is 23.2 Å². The number of methoxy groups -OCH3 is 1. The van der Waals surface area contributed by atoms with E-state index in [0.29, 0.717) is 22.9 Å². The van der Waals surface area contributed by atoms with Crippen molar-refractivity contribution < 1.29 is 9.53 Å². The summed E-state index contributed by atoms with van der Waals surface area (Å²) in [6.45, 7) is 2.10. The van der Waals surface area contributed by atoms with Crippen molar-refractivity contribution in [3.8, 4) is 5.75 Å². The van der Waals surface area contributed by atoms with E-state index in [1.54, 1.807) is 37.6 Å². The summed E-state index contributed by atoms with van der Waals surface area (Å²) in [6.07, 6.45) is 3.95. The van der Waals surface area contributed by atoms with Crippen LogP contribution in [-0.2, 0) is 6.42 Å². The fourth-order valence-electron chi connectivity index (χ4n) is 2.80. The second-order valence-corrected chi connectivity index (χ2v) is 6.64. The third-order valence-electron chi connectivity index (χ3n) is 4.22. The van der Waals surface area contributed by atoms with Crippen LogP contribution in [0.3, 0.4) is 0 Å². The first-order valence-corrected chi connectivity index (χ1v) is 8.94. The molecule has 1 N–H and O–H groups in total. The van der Waals surface area contributed by atoms with Gasteiger partial charge in [0.15, 0.2) is 0 Å². The molecule has 1 atom stereocenters. The van der Waals surface area contributed by atoms with E-state index in [9.17, 15) is 4.79 Å². The van der Waals surface area contributed by atoms with Gasteiger partial charge in [-0.05, 0) is 48.2 Å². The summed E-state index contributed by atoms with van der Waals surface area (Å²) in [7, 11) is 1.58. The van der Waals surface area contributed by atoms with Crippen molar-refractivity contribution in [1.82, 2.24) is 9.97 Å². The summed E-state index contributed by atoms with van der Waals surface area (Å²) in [5.41, 5.74) is 3.22. The highest BCUT2D eigenvalue weighted by molar-refractivity contribution is 6.29. The molecule has 0 unspecified atom stereocenters. The maximum absolute atomic E-state index is 12.5. The standard InChI is InChI=1S/C21H20ClN3O2/c1-14(9-18-12-23-13-20(22)24-18)15-5-3-7-17(10-15)25-21(26)16-6-4-8-19(11-16)27-2/h3-8,10-14H,9H2,1-2H3,(H,25,26)/t14-/m1/s1. The van der Waals surface area contributed by atoms with Crippen molar-refractivity contribution in [2.24, 2.45) is 0 Å². The molecule has 3 rings (SSSR count). The molecule has 5 nitrogen and oxygen atoms in total. The van der Waals surface area contributed by atoms with Crippen molar-refractivity contribution in [3.05, 3.63) is 82.9 Å². The number of hydrogen-bond donors (Lipinski definition) is 1. The van der Waals surface area contributed by atoms with Gasteiger partial charge in [0.25, 0.3) is 5.91 Å². The number of rotatable bonds is 6. The van der Waals surface area contributed by atoms with Gasteiger partial charge in [0, 0.05) is 17.4 Å². The molecule has 27 heavy (non-hydrogen) atoms. The third kappa shape index (κ3) is 5.05. The Labute approximate surface area is 163 Å². The van der Waals surface area contributed by atoms with E-state index in [1.165, 1.54) is 6.20 Å². The van der Waals surface area contributed by atoms with Crippen LogP contribution in [0.25, 0.3) is 0 Å². The Kier molecular flexibility index (Phi) is 6.04. The molecule has 3 aromatic rings. The Morgan fingerprint density at radius 3 is 2.78 bits per heavy atom. The Balaban J connectivity index is 1.72. The average molecular weight is 382 g/mol. The first-order chi connectivity index (χ1) is 13.0. The molecule has 0 aliphatic carbocycles. The predicted octanol–water partition coefficient (Wildman–Crippen LogP) is 4.74. The second kappa shape index (κ2) is 8.64. The minimum atomic E-state index is -0.181. The highest BCUT2D eigenvalue weighted by Crippen LogP contribution is 2.23. The first kappa shape index (κ1) is 18.9. The summed E-state index contributed by atoms with van der Waals surface area (Å²) in [6, 6.07) is 14.9. The van der Waals surface area contributed by atoms with E-state index in [-0.39, 0.29) is 11.8 Å². The lowest BCUT2D eigenvalue weighted by Gasteiger charge is -2.13. The number of aromatic nitrogens is 2. The summed E-state index contributed by atoms with van der Waals surface area (Å²) in [4.78, 5) is 20.9. The van der Waals surface area contributed by atoms with Gasteiger partial charge in [-0.25, -0.2) is 4.98 Å². The van der Waals surface area contributed by atoms with E-state index in [0.717, 1.165) is 16.9 Å². The molecule has 1 heterocycles. The Morgan fingerprint density at radius 2 is 2.00 bits per heavy atom. The Morgan fingerprint density at radius 1 is 1.19 bits per heavy atom. The maximum Gasteiger partial charge on any atom is 0.255 e. The highest BCUT2D eigenvalue weighted by Gasteiger charge is 2.11. The molecule has 2 aromatic carbocycles. The van der Waals surface area contributed by atoms with Crippen LogP contribution in [0.5, 0.6) is 5.75 Å². The van der Waals surface area contributed by atoms with Crippen LogP contribution in [0, 0.1) is 0 Å². The van der Waals surface area contributed by atoms with Gasteiger partial charge in [-0.3, -0.25) is 9.78 Å². The Hall–Kier alpha value is -2.92. The molecule has 0 bridgehead atoms. The van der Waals surface area contributed by atoms with Gasteiger partial charge < -0.3 is 10.1 Å². The lowest BCUT2D eigenvalue weighted by molar-refractivity contribution is 0.102. The van der Waals surface area contributed by atoms with E-state index in [2.05, 4.69) is 22.2 Å². The number of anilines is 1. The molecule has 0 aliphatic heterocycles. The summed E-state index contributed by atoms with van der Waals surface area (Å²) in [5.74, 6) is 0.665. The second-order valence-electron chi connectivity index (χ2n) is 6.25. The van der Waals surface area contributed by atoms with Crippen LogP contribution in [0.1, 0.15) is 34.5 Å². The molecule has 138 valence electrons. The van der Waals surface area contributed by atoms with E-state index in [4.69, 9.17) is 16.3 Å². The van der Waals surface area contributed by atoms with Crippen LogP contribution in [0.4, 0.5) is 5.69 Å². The zero-order chi connectivity index (χ0) is 19.2. The SMILES string of the molecule is COc1cccc(C(=O)Nc2cccc([C@H](C)Cc3cncc(Cl)n3)c2)c1. The number of nitrogens with one attached hydrogen (secondary N) is 1. The quantitative estimate of drug-likeness (QED) is 0.670. The van der Waals surface area contributed by atoms with Crippen LogP contribution in [-0.4, -0.2) is 23.0 Å². The maximum atomic E-state index is 12.5. The predicted molar refractivity (Wildman–Crippen MR) is 107 cm³/mol. The van der Waals surface area contributed by atoms with Crippen molar-refractivity contribution in [3.63, 3.8) is 0 Å². The lowest BCUT2D eigenvalue weighted by atomic mass is 9.96. The van der Waals surface area contributed by atoms with Crippen LogP contribution >= 0.6 is 11.6 Å². The molecular formula is C21H20ClN3O2. The average Bonchev–Trinajstić information content (AvgIpc) is 2.68. The fourth-order valence-corrected chi connectivity index (χ4v) is 2.97. The minimum Gasteiger partial charge on any atom is -0.497 e. The summed E-state index contributed by atoms with van der Waals surface area (Å²) >= 11 is 5.91. The smallest absolute Gasteiger partial charge is 0.255 e. The van der Waals surface area contributed by atoms with Gasteiger partial charge in [0.1, 0.15) is 10.9 Å². The summed E-state index contributed by atoms with van der Waals surface area (Å²) < 4.78 is 5.17. The van der Waals surface area contributed by atoms with Gasteiger partial charge in [0.2, 0.25) is 0 Å². The Bertz CT molecular complexity index is 946. The number of ether oxygens (including phenoxy) is 1. The number of halogens is 1. The van der Waals surface area contributed by atoms with E-state index in [1.807, 2.05) is 24.3 Å². The van der Waals surface area contributed by atoms with Gasteiger partial charge in [-0.15, -0.1) is 0 Å². The molecule has 0 fully saturated rings. The van der Waals surface area contributed by atoms with Gasteiger partial charge >= 0.3 is 0 Å². The van der Waals surface area contributed by atoms with Crippen molar-refractivity contribution in [2.45, 2.75) is 19.3 Å². The number of carbonyl (C=O) groups is 1. The van der Waals surface area contributed by atoms with Crippen LogP contribution in [0.2, 0.25) is 5.15 Å². The molecule has 1 aromatic heterocycles. The number of nitrogens with zero attached hydrogens (tertiary/aromatic N) is 2. The van der Waals surface area contributed by atoms with Crippen LogP contribution in [0.15, 0.2) is 60.9 Å². The molecule has 0 aliphatic rings. The topological polar surface area (TPSA) is 64.1 Å². The minimum absolute atomic E-state index is 0.181. The molecule has 0 spiro atoms. The monoisotopic (exact) mass is 381 g/mol. The largest absolute Gasteiger partial charge is 0.497 e. The number of hydrogen-bond acceptors (Lipinski definition) is 4. The first-order valence-electron chi connectivity index (χ1n) is 8.57. The third-order valence-corrected chi connectivity index (χ3v) is 4.40. The highest BCUT2D eigenvalue weighted by atomic mass is 35.5. The molecule has 0 radical (unpaired) electrons. The molecule has 6 heteroatoms. The number of carbonyl (C=O) groups excluding carboxylic acids is 1. The van der Waals surface area contributed by atoms with Gasteiger partial charge in [-0.2, -0.15) is 0 Å². The van der Waals surface area contributed by atoms with Crippen molar-refractivity contribution in [1.29, 1.82) is 0 Å². The van der Waals surface area contributed by atoms with Crippen molar-refractivity contribution in [2.75, 3.05) is 12.4 Å².